The molecule has 0 unspecified atom stereocenters. The van der Waals surface area contributed by atoms with Crippen LogP contribution in [-0.4, -0.2) is 34.0 Å². The van der Waals surface area contributed by atoms with Crippen LogP contribution >= 0.6 is 0 Å². The summed E-state index contributed by atoms with van der Waals surface area (Å²) in [6.45, 7) is 4.03. The van der Waals surface area contributed by atoms with Crippen molar-refractivity contribution >= 4 is 11.9 Å². The van der Waals surface area contributed by atoms with E-state index in [1.54, 1.807) is 0 Å². The molecule has 20 heavy (non-hydrogen) atoms. The third kappa shape index (κ3) is 2.67. The standard InChI is InChI=1S/C15H20N2O3/c1-9(2)13(16)14(18)17-8-11-6-4-3-5-10(11)7-12(17)15(19)20/h3-6,9,12-13H,7-8,16H2,1-2H3,(H,19,20)/t12-,13+/m0/s1. The SMILES string of the molecule is CC(C)[C@@H](N)C(=O)N1Cc2ccccc2C[C@H]1C(=O)O. The summed E-state index contributed by atoms with van der Waals surface area (Å²) in [7, 11) is 0. The molecule has 1 aromatic rings. The van der Waals surface area contributed by atoms with Crippen molar-refractivity contribution in [2.24, 2.45) is 11.7 Å². The predicted octanol–water partition coefficient (Wildman–Crippen LogP) is 1.01. The van der Waals surface area contributed by atoms with Gasteiger partial charge in [0.1, 0.15) is 6.04 Å². The van der Waals surface area contributed by atoms with Crippen molar-refractivity contribution in [1.29, 1.82) is 0 Å². The first kappa shape index (κ1) is 14.5. The van der Waals surface area contributed by atoms with Crippen LogP contribution in [0.5, 0.6) is 0 Å². The number of amides is 1. The molecule has 1 aliphatic heterocycles. The Bertz CT molecular complexity index is 528. The van der Waals surface area contributed by atoms with Crippen LogP contribution in [0.3, 0.4) is 0 Å². The maximum atomic E-state index is 12.4. The normalized spacial score (nSPS) is 19.6. The molecule has 2 rings (SSSR count). The van der Waals surface area contributed by atoms with Gasteiger partial charge in [-0.1, -0.05) is 38.1 Å². The molecule has 2 atom stereocenters. The Morgan fingerprint density at radius 1 is 1.30 bits per heavy atom. The fourth-order valence-corrected chi connectivity index (χ4v) is 2.45. The number of carboxylic acids is 1. The van der Waals surface area contributed by atoms with Crippen molar-refractivity contribution in [1.82, 2.24) is 4.90 Å². The van der Waals surface area contributed by atoms with Gasteiger partial charge >= 0.3 is 5.97 Å². The average molecular weight is 276 g/mol. The lowest BCUT2D eigenvalue weighted by atomic mass is 9.92. The number of carboxylic acid groups (broad SMARTS) is 1. The number of benzene rings is 1. The minimum Gasteiger partial charge on any atom is -0.480 e. The van der Waals surface area contributed by atoms with Crippen LogP contribution in [0.2, 0.25) is 0 Å². The second kappa shape index (κ2) is 5.63. The first-order valence-corrected chi connectivity index (χ1v) is 6.77. The van der Waals surface area contributed by atoms with Gasteiger partial charge in [0.2, 0.25) is 5.91 Å². The van der Waals surface area contributed by atoms with Gasteiger partial charge in [-0.3, -0.25) is 4.79 Å². The fourth-order valence-electron chi connectivity index (χ4n) is 2.45. The average Bonchev–Trinajstić information content (AvgIpc) is 2.44. The summed E-state index contributed by atoms with van der Waals surface area (Å²) in [5, 5.41) is 9.37. The molecule has 0 fully saturated rings. The highest BCUT2D eigenvalue weighted by molar-refractivity contribution is 5.87. The van der Waals surface area contributed by atoms with Gasteiger partial charge in [0.15, 0.2) is 0 Å². The van der Waals surface area contributed by atoms with Crippen molar-refractivity contribution in [3.05, 3.63) is 35.4 Å². The molecule has 5 heteroatoms. The number of fused-ring (bicyclic) bond motifs is 1. The Morgan fingerprint density at radius 3 is 2.45 bits per heavy atom. The van der Waals surface area contributed by atoms with Gasteiger partial charge in [-0.2, -0.15) is 0 Å². The minimum absolute atomic E-state index is 0.0193. The van der Waals surface area contributed by atoms with Crippen LogP contribution in [0.4, 0.5) is 0 Å². The third-order valence-electron chi connectivity index (χ3n) is 3.82. The summed E-state index contributed by atoms with van der Waals surface area (Å²) in [6.07, 6.45) is 0.335. The minimum atomic E-state index is -0.983. The van der Waals surface area contributed by atoms with Crippen molar-refractivity contribution in [2.75, 3.05) is 0 Å². The molecule has 3 N–H and O–H groups in total. The van der Waals surface area contributed by atoms with Crippen LogP contribution in [0.25, 0.3) is 0 Å². The number of hydrogen-bond acceptors (Lipinski definition) is 3. The zero-order valence-corrected chi connectivity index (χ0v) is 11.7. The van der Waals surface area contributed by atoms with Gasteiger partial charge < -0.3 is 15.7 Å². The maximum absolute atomic E-state index is 12.4. The van der Waals surface area contributed by atoms with E-state index in [1.807, 2.05) is 38.1 Å². The van der Waals surface area contributed by atoms with Crippen LogP contribution in [0.1, 0.15) is 25.0 Å². The second-order valence-corrected chi connectivity index (χ2v) is 5.56. The molecule has 1 aliphatic rings. The molecule has 0 spiro atoms. The van der Waals surface area contributed by atoms with Gasteiger partial charge in [-0.15, -0.1) is 0 Å². The van der Waals surface area contributed by atoms with E-state index in [0.29, 0.717) is 13.0 Å². The lowest BCUT2D eigenvalue weighted by Gasteiger charge is -2.36. The molecule has 0 saturated heterocycles. The van der Waals surface area contributed by atoms with Crippen LogP contribution in [0, 0.1) is 5.92 Å². The van der Waals surface area contributed by atoms with Gasteiger partial charge in [0.25, 0.3) is 0 Å². The van der Waals surface area contributed by atoms with Gasteiger partial charge in [-0.25, -0.2) is 4.79 Å². The molecule has 0 saturated carbocycles. The number of rotatable bonds is 3. The lowest BCUT2D eigenvalue weighted by molar-refractivity contribution is -0.152. The second-order valence-electron chi connectivity index (χ2n) is 5.56. The number of carbonyl (C=O) groups is 2. The summed E-state index contributed by atoms with van der Waals surface area (Å²) >= 11 is 0. The van der Waals surface area contributed by atoms with Crippen molar-refractivity contribution < 1.29 is 14.7 Å². The van der Waals surface area contributed by atoms with Crippen molar-refractivity contribution in [3.63, 3.8) is 0 Å². The van der Waals surface area contributed by atoms with Gasteiger partial charge in [0, 0.05) is 13.0 Å². The summed E-state index contributed by atoms with van der Waals surface area (Å²) in [5.41, 5.74) is 7.87. The van der Waals surface area contributed by atoms with E-state index in [9.17, 15) is 14.7 Å². The number of hydrogen-bond donors (Lipinski definition) is 2. The Labute approximate surface area is 118 Å². The molecule has 1 amide bonds. The summed E-state index contributed by atoms with van der Waals surface area (Å²) in [6, 6.07) is 6.12. The molecule has 0 radical (unpaired) electrons. The lowest BCUT2D eigenvalue weighted by Crippen LogP contribution is -2.55. The predicted molar refractivity (Wildman–Crippen MR) is 74.9 cm³/mol. The molecule has 0 aliphatic carbocycles. The van der Waals surface area contributed by atoms with Crippen LogP contribution in [0.15, 0.2) is 24.3 Å². The summed E-state index contributed by atoms with van der Waals surface area (Å²) in [4.78, 5) is 25.2. The van der Waals surface area contributed by atoms with Crippen molar-refractivity contribution in [3.8, 4) is 0 Å². The van der Waals surface area contributed by atoms with E-state index >= 15 is 0 Å². The van der Waals surface area contributed by atoms with E-state index < -0.39 is 18.1 Å². The quantitative estimate of drug-likeness (QED) is 0.863. The Morgan fingerprint density at radius 2 is 1.90 bits per heavy atom. The molecule has 0 bridgehead atoms. The number of carbonyl (C=O) groups excluding carboxylic acids is 1. The molecule has 0 aromatic heterocycles. The molecule has 5 nitrogen and oxygen atoms in total. The zero-order valence-electron chi connectivity index (χ0n) is 11.7. The van der Waals surface area contributed by atoms with E-state index in [1.165, 1.54) is 4.90 Å². The van der Waals surface area contributed by atoms with Crippen molar-refractivity contribution in [2.45, 2.75) is 38.9 Å². The highest BCUT2D eigenvalue weighted by Gasteiger charge is 2.36. The summed E-state index contributed by atoms with van der Waals surface area (Å²) < 4.78 is 0. The molecule has 108 valence electrons. The molecular formula is C15H20N2O3. The van der Waals surface area contributed by atoms with Gasteiger partial charge in [0.05, 0.1) is 6.04 Å². The van der Waals surface area contributed by atoms with E-state index in [-0.39, 0.29) is 11.8 Å². The third-order valence-corrected chi connectivity index (χ3v) is 3.82. The van der Waals surface area contributed by atoms with Crippen LogP contribution < -0.4 is 5.73 Å². The van der Waals surface area contributed by atoms with E-state index in [4.69, 9.17) is 5.73 Å². The Kier molecular flexibility index (Phi) is 4.09. The highest BCUT2D eigenvalue weighted by Crippen LogP contribution is 2.24. The Hall–Kier alpha value is -1.88. The topological polar surface area (TPSA) is 83.6 Å². The summed E-state index contributed by atoms with van der Waals surface area (Å²) in [5.74, 6) is -1.29. The fraction of sp³-hybridized carbons (Fsp3) is 0.467. The van der Waals surface area contributed by atoms with E-state index in [0.717, 1.165) is 11.1 Å². The number of aliphatic carboxylic acids is 1. The Balaban J connectivity index is 2.31. The zero-order chi connectivity index (χ0) is 14.9. The van der Waals surface area contributed by atoms with Gasteiger partial charge in [-0.05, 0) is 17.0 Å². The number of nitrogens with zero attached hydrogens (tertiary/aromatic N) is 1. The largest absolute Gasteiger partial charge is 0.480 e. The smallest absolute Gasteiger partial charge is 0.326 e. The molecule has 1 heterocycles. The van der Waals surface area contributed by atoms with E-state index in [2.05, 4.69) is 0 Å². The highest BCUT2D eigenvalue weighted by atomic mass is 16.4. The maximum Gasteiger partial charge on any atom is 0.326 e. The van der Waals surface area contributed by atoms with Crippen LogP contribution in [-0.2, 0) is 22.6 Å². The number of nitrogens with two attached hydrogens (primary N) is 1. The molecule has 1 aromatic carbocycles. The monoisotopic (exact) mass is 276 g/mol. The first-order chi connectivity index (χ1) is 9.41. The molecular weight excluding hydrogens is 256 g/mol. The first-order valence-electron chi connectivity index (χ1n) is 6.77.